The third kappa shape index (κ3) is 6.06. The summed E-state index contributed by atoms with van der Waals surface area (Å²) in [6, 6.07) is 16.2. The maximum atomic E-state index is 13.2. The van der Waals surface area contributed by atoms with Crippen molar-refractivity contribution >= 4 is 29.7 Å². The second kappa shape index (κ2) is 11.9. The van der Waals surface area contributed by atoms with E-state index >= 15 is 0 Å². The van der Waals surface area contributed by atoms with E-state index in [4.69, 9.17) is 9.47 Å². The molecule has 2 aromatic carbocycles. The molecule has 2 aliphatic rings. The summed E-state index contributed by atoms with van der Waals surface area (Å²) >= 11 is 1.65. The van der Waals surface area contributed by atoms with Crippen molar-refractivity contribution in [2.45, 2.75) is 56.4 Å². The van der Waals surface area contributed by atoms with E-state index in [1.807, 2.05) is 54.4 Å². The molecule has 36 heavy (non-hydrogen) atoms. The Morgan fingerprint density at radius 1 is 1.14 bits per heavy atom. The minimum Gasteiger partial charge on any atom is -0.493 e. The van der Waals surface area contributed by atoms with Crippen molar-refractivity contribution in [1.29, 1.82) is 0 Å². The minimum atomic E-state index is -0.0577. The van der Waals surface area contributed by atoms with Crippen LogP contribution in [0.3, 0.4) is 0 Å². The molecule has 4 rings (SSSR count). The Morgan fingerprint density at radius 3 is 2.61 bits per heavy atom. The Morgan fingerprint density at radius 2 is 1.89 bits per heavy atom. The van der Waals surface area contributed by atoms with Gasteiger partial charge >= 0.3 is 0 Å². The van der Waals surface area contributed by atoms with Crippen LogP contribution in [0.5, 0.6) is 11.5 Å². The SMILES string of the molecule is COc1ccc(/C=C2\SC3CCC(C(=O)NC(C)CCc4ccccc4)CC3N(C)C2=O)cc1OC. The van der Waals surface area contributed by atoms with Crippen LogP contribution in [0.25, 0.3) is 6.08 Å². The lowest BCUT2D eigenvalue weighted by atomic mass is 9.83. The van der Waals surface area contributed by atoms with Gasteiger partial charge in [-0.05, 0) is 68.4 Å². The molecule has 0 radical (unpaired) electrons. The van der Waals surface area contributed by atoms with Crippen LogP contribution in [-0.4, -0.2) is 55.3 Å². The molecule has 0 spiro atoms. The van der Waals surface area contributed by atoms with Crippen LogP contribution in [0.15, 0.2) is 53.4 Å². The van der Waals surface area contributed by atoms with Crippen molar-refractivity contribution in [1.82, 2.24) is 10.2 Å². The van der Waals surface area contributed by atoms with Gasteiger partial charge in [0.05, 0.1) is 19.1 Å². The monoisotopic (exact) mass is 508 g/mol. The molecular formula is C29H36N2O4S. The summed E-state index contributed by atoms with van der Waals surface area (Å²) in [6.45, 7) is 2.07. The number of hydrogen-bond acceptors (Lipinski definition) is 5. The smallest absolute Gasteiger partial charge is 0.260 e. The molecular weight excluding hydrogens is 472 g/mol. The Balaban J connectivity index is 1.36. The zero-order chi connectivity index (χ0) is 25.7. The van der Waals surface area contributed by atoms with Crippen LogP contribution in [-0.2, 0) is 16.0 Å². The first kappa shape index (κ1) is 26.1. The number of methoxy groups -OCH3 is 2. The van der Waals surface area contributed by atoms with Crippen molar-refractivity contribution in [2.24, 2.45) is 5.92 Å². The van der Waals surface area contributed by atoms with Crippen molar-refractivity contribution < 1.29 is 19.1 Å². The largest absolute Gasteiger partial charge is 0.493 e. The Kier molecular flexibility index (Phi) is 8.62. The summed E-state index contributed by atoms with van der Waals surface area (Å²) < 4.78 is 10.7. The number of carbonyl (C=O) groups is 2. The normalized spacial score (nSPS) is 23.7. The number of nitrogens with zero attached hydrogens (tertiary/aromatic N) is 1. The number of nitrogens with one attached hydrogen (secondary N) is 1. The number of ether oxygens (including phenoxy) is 2. The lowest BCUT2D eigenvalue weighted by molar-refractivity contribution is -0.132. The number of aryl methyl sites for hydroxylation is 1. The number of hydrogen-bond donors (Lipinski definition) is 1. The van der Waals surface area contributed by atoms with Gasteiger partial charge in [-0.2, -0.15) is 0 Å². The van der Waals surface area contributed by atoms with Gasteiger partial charge < -0.3 is 19.7 Å². The van der Waals surface area contributed by atoms with E-state index in [9.17, 15) is 9.59 Å². The lowest BCUT2D eigenvalue weighted by Crippen LogP contribution is -2.52. The Hall–Kier alpha value is -2.93. The highest BCUT2D eigenvalue weighted by Gasteiger charge is 2.43. The average molecular weight is 509 g/mol. The van der Waals surface area contributed by atoms with E-state index in [0.29, 0.717) is 23.2 Å². The number of carbonyl (C=O) groups excluding carboxylic acids is 2. The van der Waals surface area contributed by atoms with E-state index in [1.165, 1.54) is 5.56 Å². The zero-order valence-corrected chi connectivity index (χ0v) is 22.3. The van der Waals surface area contributed by atoms with Gasteiger partial charge in [0, 0.05) is 30.3 Å². The van der Waals surface area contributed by atoms with Crippen LogP contribution in [0.4, 0.5) is 0 Å². The van der Waals surface area contributed by atoms with Gasteiger partial charge in [-0.3, -0.25) is 9.59 Å². The number of fused-ring (bicyclic) bond motifs is 1. The first-order chi connectivity index (χ1) is 17.4. The van der Waals surface area contributed by atoms with Gasteiger partial charge in [-0.1, -0.05) is 36.4 Å². The van der Waals surface area contributed by atoms with Crippen LogP contribution in [0.1, 0.15) is 43.7 Å². The van der Waals surface area contributed by atoms with Gasteiger partial charge in [0.15, 0.2) is 11.5 Å². The molecule has 0 aromatic heterocycles. The molecule has 2 amide bonds. The van der Waals surface area contributed by atoms with E-state index < -0.39 is 0 Å². The summed E-state index contributed by atoms with van der Waals surface area (Å²) in [5, 5.41) is 3.51. The fourth-order valence-electron chi connectivity index (χ4n) is 5.09. The van der Waals surface area contributed by atoms with Crippen LogP contribution in [0, 0.1) is 5.92 Å². The zero-order valence-electron chi connectivity index (χ0n) is 21.5. The molecule has 192 valence electrons. The van der Waals surface area contributed by atoms with Crippen molar-refractivity contribution in [3.63, 3.8) is 0 Å². The summed E-state index contributed by atoms with van der Waals surface area (Å²) in [7, 11) is 5.07. The second-order valence-corrected chi connectivity index (χ2v) is 11.0. The molecule has 4 atom stereocenters. The molecule has 1 heterocycles. The number of amides is 2. The van der Waals surface area contributed by atoms with Gasteiger partial charge in [0.1, 0.15) is 0 Å². The highest BCUT2D eigenvalue weighted by atomic mass is 32.2. The second-order valence-electron chi connectivity index (χ2n) is 9.71. The number of benzene rings is 2. The minimum absolute atomic E-state index is 0.00771. The third-order valence-corrected chi connectivity index (χ3v) is 8.63. The van der Waals surface area contributed by atoms with Crippen molar-refractivity contribution in [2.75, 3.05) is 21.3 Å². The number of likely N-dealkylation sites (N-methyl/N-ethyl adjacent to an activating group) is 1. The summed E-state index contributed by atoms with van der Waals surface area (Å²) in [4.78, 5) is 28.8. The molecule has 1 aliphatic carbocycles. The Bertz CT molecular complexity index is 1100. The topological polar surface area (TPSA) is 67.9 Å². The summed E-state index contributed by atoms with van der Waals surface area (Å²) in [5.41, 5.74) is 2.18. The van der Waals surface area contributed by atoms with E-state index in [1.54, 1.807) is 26.0 Å². The fraction of sp³-hybridized carbons (Fsp3) is 0.448. The maximum Gasteiger partial charge on any atom is 0.260 e. The first-order valence-electron chi connectivity index (χ1n) is 12.6. The number of thioether (sulfide) groups is 1. The van der Waals surface area contributed by atoms with Gasteiger partial charge in [-0.25, -0.2) is 0 Å². The quantitative estimate of drug-likeness (QED) is 0.513. The van der Waals surface area contributed by atoms with Crippen LogP contribution >= 0.6 is 11.8 Å². The fourth-order valence-corrected chi connectivity index (χ4v) is 6.57. The molecule has 1 aliphatic heterocycles. The Labute approximate surface area is 218 Å². The molecule has 2 aromatic rings. The van der Waals surface area contributed by atoms with Crippen molar-refractivity contribution in [3.05, 3.63) is 64.6 Å². The summed E-state index contributed by atoms with van der Waals surface area (Å²) in [5.74, 6) is 1.36. The van der Waals surface area contributed by atoms with Crippen LogP contribution < -0.4 is 14.8 Å². The maximum absolute atomic E-state index is 13.2. The van der Waals surface area contributed by atoms with Gasteiger partial charge in [0.2, 0.25) is 5.91 Å². The lowest BCUT2D eigenvalue weighted by Gasteiger charge is -2.44. The highest BCUT2D eigenvalue weighted by molar-refractivity contribution is 8.04. The molecule has 1 saturated heterocycles. The molecule has 1 saturated carbocycles. The number of rotatable bonds is 8. The summed E-state index contributed by atoms with van der Waals surface area (Å²) in [6.07, 6.45) is 6.24. The van der Waals surface area contributed by atoms with Gasteiger partial charge in [0.25, 0.3) is 5.91 Å². The predicted octanol–water partition coefficient (Wildman–Crippen LogP) is 4.92. The molecule has 2 fully saturated rings. The highest BCUT2D eigenvalue weighted by Crippen LogP contribution is 2.43. The molecule has 6 nitrogen and oxygen atoms in total. The first-order valence-corrected chi connectivity index (χ1v) is 13.5. The van der Waals surface area contributed by atoms with E-state index in [0.717, 1.165) is 36.2 Å². The molecule has 1 N–H and O–H groups in total. The molecule has 7 heteroatoms. The van der Waals surface area contributed by atoms with E-state index in [-0.39, 0.29) is 29.8 Å². The third-order valence-electron chi connectivity index (χ3n) is 7.24. The van der Waals surface area contributed by atoms with Crippen molar-refractivity contribution in [3.8, 4) is 11.5 Å². The average Bonchev–Trinajstić information content (AvgIpc) is 2.90. The molecule has 4 unspecified atom stereocenters. The van der Waals surface area contributed by atoms with Gasteiger partial charge in [-0.15, -0.1) is 11.8 Å². The predicted molar refractivity (Wildman–Crippen MR) is 145 cm³/mol. The standard InChI is InChI=1S/C29H36N2O4S/c1-19(10-11-20-8-6-5-7-9-20)30-28(32)22-13-15-26-23(18-22)31(2)29(33)27(36-26)17-21-12-14-24(34-3)25(16-21)35-4/h5-9,12,14,16-17,19,22-23,26H,10-11,13,15,18H2,1-4H3,(H,30,32)/b27-17-. The molecule has 0 bridgehead atoms. The van der Waals surface area contributed by atoms with Crippen LogP contribution in [0.2, 0.25) is 0 Å². The van der Waals surface area contributed by atoms with E-state index in [2.05, 4.69) is 24.4 Å².